The molecule has 0 aromatic carbocycles. The highest BCUT2D eigenvalue weighted by atomic mass is 16.3. The van der Waals surface area contributed by atoms with Crippen LogP contribution in [0, 0.1) is 0 Å². The fourth-order valence-corrected chi connectivity index (χ4v) is 1.56. The highest BCUT2D eigenvalue weighted by molar-refractivity contribution is 5.20. The summed E-state index contributed by atoms with van der Waals surface area (Å²) in [7, 11) is 0. The third kappa shape index (κ3) is 1.57. The van der Waals surface area contributed by atoms with Crippen LogP contribution in [0.2, 0.25) is 0 Å². The van der Waals surface area contributed by atoms with Gasteiger partial charge in [0.25, 0.3) is 0 Å². The van der Waals surface area contributed by atoms with Crippen molar-refractivity contribution < 1.29 is 5.11 Å². The molecule has 0 saturated heterocycles. The monoisotopic (exact) mass is 182 g/mol. The normalized spacial score (nSPS) is 16.5. The lowest BCUT2D eigenvalue weighted by Gasteiger charge is -2.03. The summed E-state index contributed by atoms with van der Waals surface area (Å²) in [6, 6.07) is 0. The zero-order valence-electron chi connectivity index (χ0n) is 7.48. The van der Waals surface area contributed by atoms with E-state index < -0.39 is 0 Å². The summed E-state index contributed by atoms with van der Waals surface area (Å²) in [5.74, 6) is 0.583. The van der Waals surface area contributed by atoms with Gasteiger partial charge in [0.05, 0.1) is 24.5 Å². The van der Waals surface area contributed by atoms with Crippen LogP contribution in [-0.4, -0.2) is 26.7 Å². The first kappa shape index (κ1) is 8.65. The molecule has 5 nitrogen and oxygen atoms in total. The van der Waals surface area contributed by atoms with Crippen LogP contribution in [-0.2, 0) is 13.1 Å². The second-order valence-corrected chi connectivity index (χ2v) is 3.35. The Morgan fingerprint density at radius 1 is 1.54 bits per heavy atom. The lowest BCUT2D eigenvalue weighted by Crippen LogP contribution is -2.09. The van der Waals surface area contributed by atoms with E-state index >= 15 is 0 Å². The molecule has 1 saturated carbocycles. The molecule has 1 fully saturated rings. The van der Waals surface area contributed by atoms with Gasteiger partial charge < -0.3 is 10.8 Å². The smallest absolute Gasteiger partial charge is 0.0997 e. The Morgan fingerprint density at radius 3 is 2.85 bits per heavy atom. The van der Waals surface area contributed by atoms with Gasteiger partial charge >= 0.3 is 0 Å². The van der Waals surface area contributed by atoms with E-state index in [0.717, 1.165) is 11.4 Å². The first-order valence-corrected chi connectivity index (χ1v) is 4.60. The van der Waals surface area contributed by atoms with Crippen LogP contribution in [0.3, 0.4) is 0 Å². The number of aliphatic hydroxyl groups excluding tert-OH is 1. The molecule has 72 valence electrons. The van der Waals surface area contributed by atoms with Crippen molar-refractivity contribution in [2.45, 2.75) is 31.8 Å². The Kier molecular flexibility index (Phi) is 2.28. The molecule has 5 heteroatoms. The molecule has 0 aliphatic heterocycles. The van der Waals surface area contributed by atoms with Crippen molar-refractivity contribution in [2.24, 2.45) is 5.73 Å². The van der Waals surface area contributed by atoms with Crippen molar-refractivity contribution in [2.75, 3.05) is 6.61 Å². The SMILES string of the molecule is NCc1nnn(CCO)c1C1CC1. The van der Waals surface area contributed by atoms with E-state index in [1.54, 1.807) is 4.68 Å². The van der Waals surface area contributed by atoms with E-state index in [4.69, 9.17) is 10.8 Å². The summed E-state index contributed by atoms with van der Waals surface area (Å²) in [6.07, 6.45) is 2.40. The largest absolute Gasteiger partial charge is 0.394 e. The fourth-order valence-electron chi connectivity index (χ4n) is 1.56. The highest BCUT2D eigenvalue weighted by Gasteiger charge is 2.30. The molecule has 0 radical (unpaired) electrons. The van der Waals surface area contributed by atoms with E-state index in [9.17, 15) is 0 Å². The van der Waals surface area contributed by atoms with Crippen LogP contribution in [0.1, 0.15) is 30.1 Å². The molecule has 0 unspecified atom stereocenters. The van der Waals surface area contributed by atoms with Gasteiger partial charge in [-0.3, -0.25) is 0 Å². The Hall–Kier alpha value is -0.940. The van der Waals surface area contributed by atoms with Crippen molar-refractivity contribution in [1.29, 1.82) is 0 Å². The van der Waals surface area contributed by atoms with Crippen LogP contribution in [0.5, 0.6) is 0 Å². The number of nitrogens with two attached hydrogens (primary N) is 1. The Bertz CT molecular complexity index is 292. The minimum absolute atomic E-state index is 0.104. The number of nitrogens with zero attached hydrogens (tertiary/aromatic N) is 3. The summed E-state index contributed by atoms with van der Waals surface area (Å²) >= 11 is 0. The van der Waals surface area contributed by atoms with Crippen molar-refractivity contribution in [1.82, 2.24) is 15.0 Å². The molecule has 2 rings (SSSR count). The molecule has 0 spiro atoms. The predicted molar refractivity (Wildman–Crippen MR) is 47.0 cm³/mol. The molecular formula is C8H14N4O. The molecule has 1 aromatic heterocycles. The van der Waals surface area contributed by atoms with Gasteiger partial charge in [0.2, 0.25) is 0 Å². The molecule has 3 N–H and O–H groups in total. The van der Waals surface area contributed by atoms with Crippen LogP contribution in [0.4, 0.5) is 0 Å². The minimum atomic E-state index is 0.104. The zero-order valence-corrected chi connectivity index (χ0v) is 7.48. The van der Waals surface area contributed by atoms with Crippen LogP contribution < -0.4 is 5.73 Å². The first-order valence-electron chi connectivity index (χ1n) is 4.60. The van der Waals surface area contributed by atoms with Gasteiger partial charge in [0, 0.05) is 12.5 Å². The Labute approximate surface area is 76.5 Å². The minimum Gasteiger partial charge on any atom is -0.394 e. The fraction of sp³-hybridized carbons (Fsp3) is 0.750. The van der Waals surface area contributed by atoms with E-state index in [1.165, 1.54) is 12.8 Å². The second-order valence-electron chi connectivity index (χ2n) is 3.35. The van der Waals surface area contributed by atoms with Gasteiger partial charge in [-0.1, -0.05) is 5.21 Å². The van der Waals surface area contributed by atoms with Crippen molar-refractivity contribution in [3.8, 4) is 0 Å². The quantitative estimate of drug-likeness (QED) is 0.664. The third-order valence-electron chi connectivity index (χ3n) is 2.32. The van der Waals surface area contributed by atoms with Gasteiger partial charge in [0.1, 0.15) is 0 Å². The second kappa shape index (κ2) is 3.43. The number of hydrogen-bond donors (Lipinski definition) is 2. The highest BCUT2D eigenvalue weighted by Crippen LogP contribution is 2.40. The number of hydrogen-bond acceptors (Lipinski definition) is 4. The lowest BCUT2D eigenvalue weighted by atomic mass is 10.2. The average molecular weight is 182 g/mol. The molecular weight excluding hydrogens is 168 g/mol. The van der Waals surface area contributed by atoms with Gasteiger partial charge in [-0.2, -0.15) is 0 Å². The maximum Gasteiger partial charge on any atom is 0.0997 e. The van der Waals surface area contributed by atoms with Gasteiger partial charge in [-0.25, -0.2) is 4.68 Å². The average Bonchev–Trinajstić information content (AvgIpc) is 2.89. The van der Waals surface area contributed by atoms with Gasteiger partial charge in [-0.15, -0.1) is 5.10 Å². The molecule has 1 aliphatic rings. The summed E-state index contributed by atoms with van der Waals surface area (Å²) in [4.78, 5) is 0. The van der Waals surface area contributed by atoms with Crippen molar-refractivity contribution >= 4 is 0 Å². The predicted octanol–water partition coefficient (Wildman–Crippen LogP) is -0.394. The van der Waals surface area contributed by atoms with E-state index in [0.29, 0.717) is 19.0 Å². The topological polar surface area (TPSA) is 77.0 Å². The molecule has 1 aromatic rings. The van der Waals surface area contributed by atoms with Crippen molar-refractivity contribution in [3.05, 3.63) is 11.4 Å². The summed E-state index contributed by atoms with van der Waals surface area (Å²) in [5.41, 5.74) is 7.57. The van der Waals surface area contributed by atoms with E-state index in [2.05, 4.69) is 10.3 Å². The molecule has 0 atom stereocenters. The number of aromatic nitrogens is 3. The Morgan fingerprint density at radius 2 is 2.31 bits per heavy atom. The molecule has 0 amide bonds. The van der Waals surface area contributed by atoms with E-state index in [1.807, 2.05) is 0 Å². The van der Waals surface area contributed by atoms with E-state index in [-0.39, 0.29) is 6.61 Å². The molecule has 0 bridgehead atoms. The van der Waals surface area contributed by atoms with Gasteiger partial charge in [-0.05, 0) is 12.8 Å². The third-order valence-corrected chi connectivity index (χ3v) is 2.32. The standard InChI is InChI=1S/C8H14N4O/c9-5-7-8(6-1-2-6)12(3-4-13)11-10-7/h6,13H,1-5,9H2. The number of rotatable bonds is 4. The van der Waals surface area contributed by atoms with Crippen LogP contribution in [0.25, 0.3) is 0 Å². The lowest BCUT2D eigenvalue weighted by molar-refractivity contribution is 0.266. The van der Waals surface area contributed by atoms with Crippen LogP contribution in [0.15, 0.2) is 0 Å². The maximum absolute atomic E-state index is 8.81. The Balaban J connectivity index is 2.27. The first-order chi connectivity index (χ1) is 6.36. The number of aliphatic hydroxyl groups is 1. The maximum atomic E-state index is 8.81. The summed E-state index contributed by atoms with van der Waals surface area (Å²) in [6.45, 7) is 1.07. The van der Waals surface area contributed by atoms with Crippen LogP contribution >= 0.6 is 0 Å². The molecule has 1 heterocycles. The zero-order chi connectivity index (χ0) is 9.26. The summed E-state index contributed by atoms with van der Waals surface area (Å²) < 4.78 is 1.78. The summed E-state index contributed by atoms with van der Waals surface area (Å²) in [5, 5.41) is 16.8. The van der Waals surface area contributed by atoms with Crippen molar-refractivity contribution in [3.63, 3.8) is 0 Å². The van der Waals surface area contributed by atoms with Gasteiger partial charge in [0.15, 0.2) is 0 Å². The molecule has 1 aliphatic carbocycles. The molecule has 13 heavy (non-hydrogen) atoms.